The minimum absolute atomic E-state index is 0.572. The van der Waals surface area contributed by atoms with Crippen LogP contribution in [0.1, 0.15) is 0 Å². The van der Waals surface area contributed by atoms with Crippen LogP contribution in [0.5, 0.6) is 0 Å². The summed E-state index contributed by atoms with van der Waals surface area (Å²) < 4.78 is 0. The molecule has 0 rings (SSSR count). The molecule has 0 saturated heterocycles. The summed E-state index contributed by atoms with van der Waals surface area (Å²) >= 11 is 0.572. The zero-order chi connectivity index (χ0) is 5.54. The molecular weight excluding hydrogens is 103 g/mol. The molecule has 4 N–H and O–H groups in total. The van der Waals surface area contributed by atoms with Crippen LogP contribution in [0.4, 0.5) is 0 Å². The van der Waals surface area contributed by atoms with Crippen LogP contribution >= 0.6 is 0 Å². The average Bonchev–Trinajstić information content (AvgIpc) is 1.69. The van der Waals surface area contributed by atoms with Gasteiger partial charge in [0.05, 0.1) is 0 Å². The molecule has 40 valence electrons. The Kier molecular flexibility index (Phi) is 6.87. The summed E-state index contributed by atoms with van der Waals surface area (Å²) in [5.74, 6) is 0. The SMILES string of the molecule is NC[CH2][Al+][CH2]CN. The first-order valence-corrected chi connectivity index (χ1v) is 4.27. The number of nitrogens with two attached hydrogens (primary N) is 2. The maximum atomic E-state index is 5.25. The predicted molar refractivity (Wildman–Crippen MR) is 33.5 cm³/mol. The van der Waals surface area contributed by atoms with Gasteiger partial charge in [0, 0.05) is 0 Å². The number of rotatable bonds is 4. The molecule has 0 atom stereocenters. The third kappa shape index (κ3) is 6.45. The van der Waals surface area contributed by atoms with Crippen molar-refractivity contribution in [2.75, 3.05) is 13.1 Å². The molecule has 0 aliphatic carbocycles. The van der Waals surface area contributed by atoms with Crippen LogP contribution in [0.15, 0.2) is 0 Å². The third-order valence-corrected chi connectivity index (χ3v) is 2.22. The van der Waals surface area contributed by atoms with E-state index in [0.29, 0.717) is 15.2 Å². The van der Waals surface area contributed by atoms with Crippen molar-refractivity contribution < 1.29 is 0 Å². The molecule has 0 unspecified atom stereocenters. The van der Waals surface area contributed by atoms with Crippen molar-refractivity contribution in [2.45, 2.75) is 10.6 Å². The Balaban J connectivity index is 2.45. The second-order valence-electron chi connectivity index (χ2n) is 1.44. The summed E-state index contributed by atoms with van der Waals surface area (Å²) in [5, 5.41) is 2.41. The van der Waals surface area contributed by atoms with Gasteiger partial charge in [0.25, 0.3) is 0 Å². The monoisotopic (exact) mass is 115 g/mol. The van der Waals surface area contributed by atoms with Gasteiger partial charge in [0.15, 0.2) is 0 Å². The summed E-state index contributed by atoms with van der Waals surface area (Å²) in [7, 11) is 0. The Hall–Kier alpha value is 0.452. The van der Waals surface area contributed by atoms with E-state index in [1.807, 2.05) is 0 Å². The summed E-state index contributed by atoms with van der Waals surface area (Å²) in [6, 6.07) is 0. The molecule has 0 spiro atoms. The Morgan fingerprint density at radius 1 is 1.00 bits per heavy atom. The molecule has 7 heavy (non-hydrogen) atoms. The first-order chi connectivity index (χ1) is 3.41. The summed E-state index contributed by atoms with van der Waals surface area (Å²) in [6.07, 6.45) is 0. The second kappa shape index (κ2) is 6.45. The fourth-order valence-electron chi connectivity index (χ4n) is 0.380. The van der Waals surface area contributed by atoms with Crippen molar-refractivity contribution in [3.05, 3.63) is 0 Å². The van der Waals surface area contributed by atoms with Crippen molar-refractivity contribution >= 4 is 15.2 Å². The van der Waals surface area contributed by atoms with Crippen LogP contribution < -0.4 is 11.5 Å². The van der Waals surface area contributed by atoms with Crippen molar-refractivity contribution in [3.63, 3.8) is 0 Å². The molecule has 0 aromatic rings. The number of hydrogen-bond donors (Lipinski definition) is 2. The molecular formula is C4H12AlN2+. The fourth-order valence-corrected chi connectivity index (χ4v) is 1.14. The minimum atomic E-state index is 0.572. The molecule has 0 fully saturated rings. The standard InChI is InChI=1S/2C2H6N.Al/c2*1-2-3;/h2*1-3H2;/q;;+1. The summed E-state index contributed by atoms with van der Waals surface area (Å²) in [4.78, 5) is 0. The zero-order valence-electron chi connectivity index (χ0n) is 4.56. The molecule has 0 saturated carbocycles. The molecule has 0 heterocycles. The Morgan fingerprint density at radius 3 is 1.71 bits per heavy atom. The van der Waals surface area contributed by atoms with E-state index >= 15 is 0 Å². The summed E-state index contributed by atoms with van der Waals surface area (Å²) in [5.41, 5.74) is 10.5. The molecule has 0 aromatic heterocycles. The van der Waals surface area contributed by atoms with Gasteiger partial charge in [-0.15, -0.1) is 0 Å². The van der Waals surface area contributed by atoms with Crippen LogP contribution in [-0.2, 0) is 0 Å². The van der Waals surface area contributed by atoms with Gasteiger partial charge in [-0.05, 0) is 0 Å². The molecule has 3 heteroatoms. The normalized spacial score (nSPS) is 8.29. The van der Waals surface area contributed by atoms with E-state index in [0.717, 1.165) is 13.1 Å². The zero-order valence-corrected chi connectivity index (χ0v) is 5.72. The van der Waals surface area contributed by atoms with E-state index in [9.17, 15) is 0 Å². The second-order valence-corrected chi connectivity index (χ2v) is 3.18. The fraction of sp³-hybridized carbons (Fsp3) is 1.00. The van der Waals surface area contributed by atoms with Crippen LogP contribution in [0.2, 0.25) is 10.6 Å². The van der Waals surface area contributed by atoms with Crippen molar-refractivity contribution in [2.24, 2.45) is 11.5 Å². The molecule has 0 aromatic carbocycles. The van der Waals surface area contributed by atoms with Gasteiger partial charge in [-0.25, -0.2) is 0 Å². The van der Waals surface area contributed by atoms with E-state index in [2.05, 4.69) is 0 Å². The molecule has 0 bridgehead atoms. The summed E-state index contributed by atoms with van der Waals surface area (Å²) in [6.45, 7) is 1.69. The van der Waals surface area contributed by atoms with Crippen molar-refractivity contribution in [1.29, 1.82) is 0 Å². The first kappa shape index (κ1) is 7.45. The third-order valence-electron chi connectivity index (χ3n) is 0.742. The van der Waals surface area contributed by atoms with Crippen molar-refractivity contribution in [3.8, 4) is 0 Å². The van der Waals surface area contributed by atoms with Crippen LogP contribution in [0.3, 0.4) is 0 Å². The molecule has 0 radical (unpaired) electrons. The van der Waals surface area contributed by atoms with E-state index in [-0.39, 0.29) is 0 Å². The average molecular weight is 115 g/mol. The topological polar surface area (TPSA) is 52.0 Å². The van der Waals surface area contributed by atoms with Gasteiger partial charge < -0.3 is 0 Å². The molecule has 0 amide bonds. The Bertz CT molecular complexity index is 28.9. The van der Waals surface area contributed by atoms with Crippen LogP contribution in [0, 0.1) is 0 Å². The maximum absolute atomic E-state index is 5.25. The van der Waals surface area contributed by atoms with E-state index in [4.69, 9.17) is 11.5 Å². The van der Waals surface area contributed by atoms with E-state index in [1.165, 1.54) is 10.6 Å². The predicted octanol–water partition coefficient (Wildman–Crippen LogP) is -0.555. The molecule has 0 aliphatic heterocycles. The quantitative estimate of drug-likeness (QED) is 0.381. The van der Waals surface area contributed by atoms with Gasteiger partial charge in [-0.1, -0.05) is 0 Å². The molecule has 0 aliphatic rings. The van der Waals surface area contributed by atoms with Gasteiger partial charge in [-0.3, -0.25) is 0 Å². The van der Waals surface area contributed by atoms with Gasteiger partial charge in [0.2, 0.25) is 0 Å². The van der Waals surface area contributed by atoms with E-state index < -0.39 is 0 Å². The van der Waals surface area contributed by atoms with E-state index in [1.54, 1.807) is 0 Å². The van der Waals surface area contributed by atoms with Crippen molar-refractivity contribution in [1.82, 2.24) is 0 Å². The van der Waals surface area contributed by atoms with Crippen LogP contribution in [0.25, 0.3) is 0 Å². The van der Waals surface area contributed by atoms with Gasteiger partial charge in [-0.2, -0.15) is 0 Å². The molecule has 2 nitrogen and oxygen atoms in total. The number of hydrogen-bond acceptors (Lipinski definition) is 2. The Labute approximate surface area is 51.0 Å². The van der Waals surface area contributed by atoms with Gasteiger partial charge in [0.1, 0.15) is 0 Å². The van der Waals surface area contributed by atoms with Crippen LogP contribution in [-0.4, -0.2) is 28.3 Å². The Morgan fingerprint density at radius 2 is 1.43 bits per heavy atom. The van der Waals surface area contributed by atoms with Gasteiger partial charge >= 0.3 is 50.3 Å². The first-order valence-electron chi connectivity index (χ1n) is 2.63.